The third kappa shape index (κ3) is 36.9. The van der Waals surface area contributed by atoms with Crippen molar-refractivity contribution >= 4 is 79.4 Å². The van der Waals surface area contributed by atoms with E-state index in [0.29, 0.717) is 47.0 Å². The van der Waals surface area contributed by atoms with Crippen molar-refractivity contribution < 1.29 is 92.6 Å². The molecular weight excluding hydrogens is 1760 g/mol. The van der Waals surface area contributed by atoms with Crippen molar-refractivity contribution in [3.63, 3.8) is 0 Å². The van der Waals surface area contributed by atoms with Gasteiger partial charge < -0.3 is 38.7 Å². The zero-order valence-corrected chi connectivity index (χ0v) is 73.8. The van der Waals surface area contributed by atoms with Crippen molar-refractivity contribution in [3.05, 3.63) is 290 Å². The predicted octanol–water partition coefficient (Wildman–Crippen LogP) is 18.5. The number of aryl methyl sites for hydroxylation is 10. The van der Waals surface area contributed by atoms with Gasteiger partial charge in [0.25, 0.3) is 40.7 Å². The second kappa shape index (κ2) is 50.8. The monoisotopic (exact) mass is 1850 g/mol. The summed E-state index contributed by atoms with van der Waals surface area (Å²) in [6.07, 6.45) is -2.99. The van der Waals surface area contributed by atoms with Gasteiger partial charge in [0.2, 0.25) is 0 Å². The molecule has 7 heterocycles. The molecule has 0 amide bonds. The van der Waals surface area contributed by atoms with Crippen LogP contribution in [0.1, 0.15) is 133 Å². The molecule has 0 fully saturated rings. The minimum atomic E-state index is -4.33. The lowest BCUT2D eigenvalue weighted by Crippen LogP contribution is -2.17. The molecule has 0 aliphatic rings. The maximum Gasteiger partial charge on any atom is 0.397 e. The van der Waals surface area contributed by atoms with Gasteiger partial charge in [-0.2, -0.15) is 13.2 Å². The summed E-state index contributed by atoms with van der Waals surface area (Å²) in [6, 6.07) is 35.7. The van der Waals surface area contributed by atoms with E-state index in [2.05, 4.69) is 73.6 Å². The zero-order valence-electron chi connectivity index (χ0n) is 68.1. The molecule has 7 aromatic heterocycles. The molecule has 0 spiro atoms. The maximum absolute atomic E-state index is 12.5. The van der Waals surface area contributed by atoms with Crippen molar-refractivity contribution in [3.8, 4) is 42.3 Å². The van der Waals surface area contributed by atoms with Crippen LogP contribution in [0.2, 0.25) is 0 Å². The molecule has 4 aromatic carbocycles. The fraction of sp³-hybridized carbons (Fsp3) is 0.392. The molecular formula is C74H84F3N15O24S7. The lowest BCUT2D eigenvalue weighted by atomic mass is 10.1. The van der Waals surface area contributed by atoms with Gasteiger partial charge in [-0.3, -0.25) is 0 Å². The highest BCUT2D eigenvalue weighted by atomic mass is 32.1. The van der Waals surface area contributed by atoms with E-state index < -0.39 is 58.9 Å². The standard InChI is InChI=1S/C13H14N2O3S.2C12H12N2O3S.C11H10N2O3S.C10H15N3O6S.C9H11F3N2O3S.C7H10N2O3S/c1-9-3-5-11(6-4-9)13-14-10(2)12(19-13)7-8-18-15(16)17;1-8-3-5-10(6-4-8)12-13-9(2)11(18-12)7-17-14(15)16;1-9-11(7-8-17-14(15)16)18-12(13-9)10-5-3-2-4-6-10;1-8-10(7-16-13(14)15)17-11(12-8)9-5-3-2-4-6-9;1-6(2)9(19-13(16)17)10-11-7(3)8(20-10)4-5-18-12(14)15;1-5(9(10,11)12)8-13-6(2)7(18-8)3-4-17-14(15)16;1-5-7(13-6(2)8-5)3-4-12-9(10)11/h3-6H,7-8H2,1-2H3;3-6H,7H2,1-2H3;2-6H,7-8H2,1H3;2-6H,7H2,1H3;6,9H,4-5H2,1-3H3;5H,3-4H2,1-2H3;3-4H2,1-2H3. The van der Waals surface area contributed by atoms with Crippen molar-refractivity contribution in [2.45, 2.75) is 154 Å². The molecule has 0 saturated heterocycles. The first-order valence-corrected chi connectivity index (χ1v) is 42.0. The first-order chi connectivity index (χ1) is 58.1. The second-order valence-corrected chi connectivity index (χ2v) is 33.6. The van der Waals surface area contributed by atoms with E-state index >= 15 is 0 Å². The molecule has 0 N–H and O–H groups in total. The van der Waals surface area contributed by atoms with Gasteiger partial charge >= 0.3 is 6.18 Å². The Hall–Kier alpha value is -12.3. The van der Waals surface area contributed by atoms with Crippen LogP contribution in [0.3, 0.4) is 0 Å². The number of benzene rings is 4. The molecule has 0 radical (unpaired) electrons. The van der Waals surface area contributed by atoms with E-state index in [9.17, 15) is 94.1 Å². The van der Waals surface area contributed by atoms with Crippen LogP contribution >= 0.6 is 79.4 Å². The molecule has 123 heavy (non-hydrogen) atoms. The summed E-state index contributed by atoms with van der Waals surface area (Å²) < 4.78 is 37.5. The van der Waals surface area contributed by atoms with E-state index in [1.54, 1.807) is 61.7 Å². The molecule has 0 aliphatic heterocycles. The Balaban J connectivity index is 0.000000256. The normalized spacial score (nSPS) is 11.0. The van der Waals surface area contributed by atoms with Crippen LogP contribution in [0, 0.1) is 156 Å². The predicted molar refractivity (Wildman–Crippen MR) is 451 cm³/mol. The highest BCUT2D eigenvalue weighted by Gasteiger charge is 2.39. The molecule has 0 bridgehead atoms. The van der Waals surface area contributed by atoms with Crippen molar-refractivity contribution in [1.82, 2.24) is 34.9 Å². The number of nitrogens with zero attached hydrogens (tertiary/aromatic N) is 15. The lowest BCUT2D eigenvalue weighted by Gasteiger charge is -2.15. The Morgan fingerprint density at radius 1 is 0.317 bits per heavy atom. The molecule has 2 atom stereocenters. The van der Waals surface area contributed by atoms with Gasteiger partial charge in [0, 0.05) is 78.7 Å². The average molecular weight is 1850 g/mol. The van der Waals surface area contributed by atoms with Gasteiger partial charge in [0.1, 0.15) is 82.2 Å². The fourth-order valence-corrected chi connectivity index (χ4v) is 17.3. The number of hydrogen-bond donors (Lipinski definition) is 0. The number of rotatable bonds is 35. The fourth-order valence-electron chi connectivity index (χ4n) is 9.94. The topological polar surface area (TPSA) is 509 Å². The minimum absolute atomic E-state index is 0.0314. The van der Waals surface area contributed by atoms with Crippen LogP contribution in [0.15, 0.2) is 109 Å². The first-order valence-electron chi connectivity index (χ1n) is 36.3. The van der Waals surface area contributed by atoms with Crippen LogP contribution in [-0.4, -0.2) is 115 Å². The minimum Gasteiger partial charge on any atom is -0.314 e. The van der Waals surface area contributed by atoms with E-state index in [4.69, 9.17) is 0 Å². The Labute approximate surface area is 727 Å². The Bertz CT molecular complexity index is 5230. The van der Waals surface area contributed by atoms with Gasteiger partial charge in [-0.1, -0.05) is 134 Å². The third-order valence-electron chi connectivity index (χ3n) is 16.2. The van der Waals surface area contributed by atoms with E-state index in [1.165, 1.54) is 45.1 Å². The molecule has 11 aromatic rings. The lowest BCUT2D eigenvalue weighted by molar-refractivity contribution is -0.772. The van der Waals surface area contributed by atoms with Crippen molar-refractivity contribution in [2.75, 3.05) is 33.0 Å². The van der Waals surface area contributed by atoms with E-state index in [0.717, 1.165) is 123 Å². The van der Waals surface area contributed by atoms with Crippen LogP contribution in [-0.2, 0) is 84.0 Å². The van der Waals surface area contributed by atoms with Gasteiger partial charge in [0.05, 0.1) is 54.6 Å². The molecule has 49 heteroatoms. The number of halogens is 3. The Kier molecular flexibility index (Phi) is 41.8. The highest BCUT2D eigenvalue weighted by Crippen LogP contribution is 2.39. The van der Waals surface area contributed by atoms with Gasteiger partial charge in [-0.15, -0.1) is 160 Å². The number of hydrogen-bond acceptors (Lipinski definition) is 38. The number of alkyl halides is 3. The zero-order chi connectivity index (χ0) is 91.2. The van der Waals surface area contributed by atoms with Crippen molar-refractivity contribution in [2.24, 2.45) is 5.92 Å². The van der Waals surface area contributed by atoms with Crippen LogP contribution in [0.25, 0.3) is 42.3 Å². The van der Waals surface area contributed by atoms with Crippen LogP contribution in [0.5, 0.6) is 0 Å². The summed E-state index contributed by atoms with van der Waals surface area (Å²) in [5.41, 5.74) is 12.0. The molecule has 39 nitrogen and oxygen atoms in total. The number of thiazole rings is 7. The first kappa shape index (κ1) is 101. The van der Waals surface area contributed by atoms with Gasteiger partial charge in [0.15, 0.2) is 6.10 Å². The van der Waals surface area contributed by atoms with E-state index in [-0.39, 0.29) is 63.6 Å². The van der Waals surface area contributed by atoms with Crippen LogP contribution < -0.4 is 0 Å². The summed E-state index contributed by atoms with van der Waals surface area (Å²) in [7, 11) is 0. The summed E-state index contributed by atoms with van der Waals surface area (Å²) in [6.45, 7) is 23.2. The SMILES string of the molecule is Cc1ccc(-c2nc(C)c(CCO[N+](=O)[O-])s2)cc1.Cc1ccc(-c2nc(C)c(CO[N+](=O)[O-])s2)cc1.Cc1nc(-c2ccccc2)sc1CCO[N+](=O)[O-].Cc1nc(-c2ccccc2)sc1CO[N+](=O)[O-].Cc1nc(C(C)C(F)(F)F)sc1CCO[N+](=O)[O-].Cc1nc(C(O[N+](=O)[O-])C(C)C)sc1CCO[N+](=O)[O-].Cc1nc(C)c(CCO[N+](=O)[O-])s1. The third-order valence-corrected chi connectivity index (χ3v) is 24.9. The van der Waals surface area contributed by atoms with E-state index in [1.807, 2.05) is 165 Å². The van der Waals surface area contributed by atoms with Gasteiger partial charge in [-0.05, 0) is 82.1 Å². The summed E-state index contributed by atoms with van der Waals surface area (Å²) in [5, 5.41) is 79.3. The summed E-state index contributed by atoms with van der Waals surface area (Å²) >= 11 is 9.65. The molecule has 0 saturated carbocycles. The largest absolute Gasteiger partial charge is 0.397 e. The molecule has 2 unspecified atom stereocenters. The summed E-state index contributed by atoms with van der Waals surface area (Å²) in [4.78, 5) is 151. The quantitative estimate of drug-likeness (QED) is 0.0263. The molecule has 0 aliphatic carbocycles. The Morgan fingerprint density at radius 2 is 0.577 bits per heavy atom. The van der Waals surface area contributed by atoms with Crippen molar-refractivity contribution in [1.29, 1.82) is 0 Å². The number of aromatic nitrogens is 7. The second-order valence-electron chi connectivity index (χ2n) is 25.7. The average Bonchev–Trinajstić information content (AvgIpc) is 1.74. The smallest absolute Gasteiger partial charge is 0.314 e. The molecule has 11 rings (SSSR count). The Morgan fingerprint density at radius 3 is 0.862 bits per heavy atom. The van der Waals surface area contributed by atoms with Crippen LogP contribution in [0.4, 0.5) is 13.2 Å². The maximum atomic E-state index is 12.5. The summed E-state index contributed by atoms with van der Waals surface area (Å²) in [5.74, 6) is -1.75. The molecule has 662 valence electrons. The highest BCUT2D eigenvalue weighted by molar-refractivity contribution is 7.16. The van der Waals surface area contributed by atoms with Gasteiger partial charge in [-0.25, -0.2) is 34.9 Å².